The molecule has 20 heavy (non-hydrogen) atoms. The molecule has 1 atom stereocenters. The van der Waals surface area contributed by atoms with Crippen LogP contribution >= 0.6 is 0 Å². The first-order chi connectivity index (χ1) is 9.20. The molecule has 1 aliphatic heterocycles. The van der Waals surface area contributed by atoms with Crippen molar-refractivity contribution in [2.24, 2.45) is 0 Å². The molecule has 1 aromatic carbocycles. The van der Waals surface area contributed by atoms with Gasteiger partial charge in [-0.15, -0.1) is 0 Å². The Bertz CT molecular complexity index is 468. The molecule has 3 nitrogen and oxygen atoms in total. The maximum Gasteiger partial charge on any atom is 0.459 e. The molecule has 108 valence electrons. The van der Waals surface area contributed by atoms with E-state index in [1.807, 2.05) is 65.0 Å². The van der Waals surface area contributed by atoms with E-state index >= 15 is 0 Å². The second kappa shape index (κ2) is 5.01. The maximum absolute atomic E-state index is 11.6. The Labute approximate surface area is 121 Å². The van der Waals surface area contributed by atoms with Gasteiger partial charge in [0.1, 0.15) is 6.29 Å². The first-order valence-corrected chi connectivity index (χ1v) is 7.08. The Hall–Kier alpha value is -1.13. The quantitative estimate of drug-likeness (QED) is 0.624. The number of carbonyl (C=O) groups is 1. The summed E-state index contributed by atoms with van der Waals surface area (Å²) in [6.45, 7) is 10.0. The van der Waals surface area contributed by atoms with Crippen LogP contribution in [0.2, 0.25) is 6.32 Å². The van der Waals surface area contributed by atoms with Crippen LogP contribution in [0, 0.1) is 0 Å². The lowest BCUT2D eigenvalue weighted by atomic mass is 9.66. The fourth-order valence-corrected chi connectivity index (χ4v) is 2.45. The van der Waals surface area contributed by atoms with Crippen LogP contribution in [0.5, 0.6) is 0 Å². The number of benzene rings is 1. The van der Waals surface area contributed by atoms with Crippen LogP contribution in [-0.4, -0.2) is 24.6 Å². The zero-order chi connectivity index (χ0) is 15.0. The van der Waals surface area contributed by atoms with Gasteiger partial charge in [-0.05, 0) is 46.5 Å². The van der Waals surface area contributed by atoms with Gasteiger partial charge in [0.05, 0.1) is 11.2 Å². The van der Waals surface area contributed by atoms with Crippen molar-refractivity contribution in [1.29, 1.82) is 0 Å². The molecule has 1 unspecified atom stereocenters. The lowest BCUT2D eigenvalue weighted by Gasteiger charge is -2.32. The molecule has 4 heteroatoms. The summed E-state index contributed by atoms with van der Waals surface area (Å²) in [5.41, 5.74) is -0.330. The Morgan fingerprint density at radius 1 is 1.10 bits per heavy atom. The number of hydrogen-bond donors (Lipinski definition) is 0. The highest BCUT2D eigenvalue weighted by Gasteiger charge is 2.52. The van der Waals surface area contributed by atoms with Crippen molar-refractivity contribution in [3.05, 3.63) is 35.9 Å². The van der Waals surface area contributed by atoms with Gasteiger partial charge in [0, 0.05) is 5.41 Å². The summed E-state index contributed by atoms with van der Waals surface area (Å²) in [6, 6.07) is 9.78. The van der Waals surface area contributed by atoms with Crippen molar-refractivity contribution in [1.82, 2.24) is 0 Å². The van der Waals surface area contributed by atoms with E-state index in [-0.39, 0.29) is 18.3 Å². The van der Waals surface area contributed by atoms with Crippen molar-refractivity contribution in [3.8, 4) is 0 Å². The van der Waals surface area contributed by atoms with Crippen LogP contribution < -0.4 is 0 Å². The SMILES string of the molecule is CC(C=O)(CB1OC(C)(C)C(C)(C)O1)c1ccccc1. The smallest absolute Gasteiger partial charge is 0.403 e. The molecule has 1 aliphatic rings. The summed E-state index contributed by atoms with van der Waals surface area (Å²) >= 11 is 0. The molecule has 0 saturated carbocycles. The topological polar surface area (TPSA) is 35.5 Å². The molecule has 1 aromatic rings. The lowest BCUT2D eigenvalue weighted by Crippen LogP contribution is -2.41. The third kappa shape index (κ3) is 2.67. The summed E-state index contributed by atoms with van der Waals surface area (Å²) in [4.78, 5) is 11.6. The highest BCUT2D eigenvalue weighted by Crippen LogP contribution is 2.40. The maximum atomic E-state index is 11.6. The third-order valence-corrected chi connectivity index (χ3v) is 4.59. The predicted octanol–water partition coefficient (Wildman–Crippen LogP) is 3.24. The number of rotatable bonds is 4. The van der Waals surface area contributed by atoms with Crippen molar-refractivity contribution in [3.63, 3.8) is 0 Å². The summed E-state index contributed by atoms with van der Waals surface area (Å²) in [5.74, 6) is 0. The van der Waals surface area contributed by atoms with Gasteiger partial charge in [-0.1, -0.05) is 30.3 Å². The van der Waals surface area contributed by atoms with Gasteiger partial charge < -0.3 is 14.1 Å². The van der Waals surface area contributed by atoms with Crippen LogP contribution in [0.4, 0.5) is 0 Å². The van der Waals surface area contributed by atoms with Gasteiger partial charge in [-0.3, -0.25) is 0 Å². The van der Waals surface area contributed by atoms with Crippen molar-refractivity contribution < 1.29 is 14.1 Å². The van der Waals surface area contributed by atoms with E-state index in [2.05, 4.69) is 0 Å². The highest BCUT2D eigenvalue weighted by atomic mass is 16.7. The molecule has 0 aromatic heterocycles. The van der Waals surface area contributed by atoms with E-state index in [4.69, 9.17) is 9.31 Å². The molecule has 0 radical (unpaired) electrons. The molecule has 0 bridgehead atoms. The van der Waals surface area contributed by atoms with Gasteiger partial charge in [0.2, 0.25) is 0 Å². The molecule has 1 heterocycles. The van der Waals surface area contributed by atoms with Crippen LogP contribution in [0.25, 0.3) is 0 Å². The van der Waals surface area contributed by atoms with E-state index in [9.17, 15) is 4.79 Å². The molecule has 1 fully saturated rings. The lowest BCUT2D eigenvalue weighted by molar-refractivity contribution is -0.111. The van der Waals surface area contributed by atoms with Crippen molar-refractivity contribution >= 4 is 13.4 Å². The highest BCUT2D eigenvalue weighted by molar-refractivity contribution is 6.46. The Kier molecular flexibility index (Phi) is 3.82. The normalized spacial score (nSPS) is 23.4. The van der Waals surface area contributed by atoms with E-state index in [0.717, 1.165) is 11.8 Å². The van der Waals surface area contributed by atoms with Crippen molar-refractivity contribution in [2.45, 2.75) is 57.6 Å². The largest absolute Gasteiger partial charge is 0.459 e. The van der Waals surface area contributed by atoms with Gasteiger partial charge in [-0.2, -0.15) is 0 Å². The van der Waals surface area contributed by atoms with Gasteiger partial charge in [0.25, 0.3) is 0 Å². The minimum Gasteiger partial charge on any atom is -0.403 e. The van der Waals surface area contributed by atoms with Crippen LogP contribution in [0.3, 0.4) is 0 Å². The first kappa shape index (κ1) is 15.3. The molecule has 1 saturated heterocycles. The van der Waals surface area contributed by atoms with E-state index in [1.54, 1.807) is 0 Å². The summed E-state index contributed by atoms with van der Waals surface area (Å²) in [6.07, 6.45) is 1.51. The average molecular weight is 274 g/mol. The minimum atomic E-state index is -0.595. The standard InChI is InChI=1S/C16H23BO3/c1-14(2)15(3,4)20-17(19-14)11-16(5,12-18)13-9-7-6-8-10-13/h6-10,12H,11H2,1-5H3. The zero-order valence-electron chi connectivity index (χ0n) is 13.0. The summed E-state index contributed by atoms with van der Waals surface area (Å²) < 4.78 is 12.0. The van der Waals surface area contributed by atoms with Gasteiger partial charge >= 0.3 is 7.12 Å². The number of aldehydes is 1. The zero-order valence-corrected chi connectivity index (χ0v) is 13.0. The van der Waals surface area contributed by atoms with E-state index in [1.165, 1.54) is 0 Å². The first-order valence-electron chi connectivity index (χ1n) is 7.08. The second-order valence-corrected chi connectivity index (χ2v) is 6.79. The number of carbonyl (C=O) groups excluding carboxylic acids is 1. The summed E-state index contributed by atoms with van der Waals surface area (Å²) in [5, 5.41) is 0. The Morgan fingerprint density at radius 2 is 1.60 bits per heavy atom. The van der Waals surface area contributed by atoms with Crippen LogP contribution in [0.1, 0.15) is 40.2 Å². The number of hydrogen-bond acceptors (Lipinski definition) is 3. The summed E-state index contributed by atoms with van der Waals surface area (Å²) in [7, 11) is -0.365. The molecular weight excluding hydrogens is 251 g/mol. The fourth-order valence-electron chi connectivity index (χ4n) is 2.45. The predicted molar refractivity (Wildman–Crippen MR) is 80.7 cm³/mol. The molecule has 0 aliphatic carbocycles. The third-order valence-electron chi connectivity index (χ3n) is 4.59. The molecule has 2 rings (SSSR count). The van der Waals surface area contributed by atoms with E-state index < -0.39 is 5.41 Å². The average Bonchev–Trinajstić information content (AvgIpc) is 2.58. The van der Waals surface area contributed by atoms with Gasteiger partial charge in [0.15, 0.2) is 0 Å². The Balaban J connectivity index is 2.19. The molecule has 0 amide bonds. The van der Waals surface area contributed by atoms with Gasteiger partial charge in [-0.25, -0.2) is 0 Å². The second-order valence-electron chi connectivity index (χ2n) is 6.79. The molecule has 0 spiro atoms. The minimum absolute atomic E-state index is 0.363. The van der Waals surface area contributed by atoms with Crippen LogP contribution in [-0.2, 0) is 19.5 Å². The van der Waals surface area contributed by atoms with E-state index in [0.29, 0.717) is 6.32 Å². The molecular formula is C16H23BO3. The fraction of sp³-hybridized carbons (Fsp3) is 0.562. The molecule has 0 N–H and O–H groups in total. The van der Waals surface area contributed by atoms with Crippen molar-refractivity contribution in [2.75, 3.05) is 0 Å². The monoisotopic (exact) mass is 274 g/mol. The van der Waals surface area contributed by atoms with Crippen LogP contribution in [0.15, 0.2) is 30.3 Å². The Morgan fingerprint density at radius 3 is 2.05 bits per heavy atom.